The van der Waals surface area contributed by atoms with Crippen LogP contribution in [0, 0.1) is 0 Å². The lowest BCUT2D eigenvalue weighted by atomic mass is 9.83. The molecule has 2 aliphatic rings. The average Bonchev–Trinajstić information content (AvgIpc) is 2.29. The van der Waals surface area contributed by atoms with Gasteiger partial charge in [-0.1, -0.05) is 0 Å². The largest absolute Gasteiger partial charge is 0.374 e. The molecule has 4 nitrogen and oxygen atoms in total. The molecule has 0 bridgehead atoms. The van der Waals surface area contributed by atoms with Gasteiger partial charge in [0.25, 0.3) is 5.91 Å². The van der Waals surface area contributed by atoms with Gasteiger partial charge in [-0.25, -0.2) is 5.43 Å². The highest BCUT2D eigenvalue weighted by Crippen LogP contribution is 2.28. The fourth-order valence-corrected chi connectivity index (χ4v) is 1.63. The van der Waals surface area contributed by atoms with Gasteiger partial charge in [-0.3, -0.25) is 4.79 Å². The van der Waals surface area contributed by atoms with Gasteiger partial charge >= 0.3 is 0 Å². The first-order valence-corrected chi connectivity index (χ1v) is 3.83. The summed E-state index contributed by atoms with van der Waals surface area (Å²) in [6, 6.07) is 0. The fraction of sp³-hybridized carbons (Fsp3) is 0.714. The SMILES string of the molecule is O=C1NN=C2CCCC[C@]12O. The number of hydrogen-bond donors (Lipinski definition) is 2. The average molecular weight is 154 g/mol. The van der Waals surface area contributed by atoms with Gasteiger partial charge in [0.05, 0.1) is 5.71 Å². The van der Waals surface area contributed by atoms with E-state index < -0.39 is 5.60 Å². The first kappa shape index (κ1) is 6.79. The summed E-state index contributed by atoms with van der Waals surface area (Å²) in [4.78, 5) is 11.1. The fourth-order valence-electron chi connectivity index (χ4n) is 1.63. The molecule has 1 aliphatic carbocycles. The third-order valence-corrected chi connectivity index (χ3v) is 2.35. The van der Waals surface area contributed by atoms with Crippen LogP contribution in [0.3, 0.4) is 0 Å². The molecule has 11 heavy (non-hydrogen) atoms. The summed E-state index contributed by atoms with van der Waals surface area (Å²) >= 11 is 0. The number of rotatable bonds is 0. The van der Waals surface area contributed by atoms with Gasteiger partial charge in [0.1, 0.15) is 0 Å². The summed E-state index contributed by atoms with van der Waals surface area (Å²) in [6.45, 7) is 0. The van der Waals surface area contributed by atoms with Crippen molar-refractivity contribution in [2.75, 3.05) is 0 Å². The van der Waals surface area contributed by atoms with Crippen LogP contribution in [0.2, 0.25) is 0 Å². The summed E-state index contributed by atoms with van der Waals surface area (Å²) in [5.74, 6) is -0.354. The number of carbonyl (C=O) groups excluding carboxylic acids is 1. The number of nitrogens with one attached hydrogen (secondary N) is 1. The van der Waals surface area contributed by atoms with Crippen molar-refractivity contribution in [3.8, 4) is 0 Å². The highest BCUT2D eigenvalue weighted by molar-refractivity contribution is 6.15. The molecule has 0 spiro atoms. The van der Waals surface area contributed by atoms with Gasteiger partial charge in [-0.05, 0) is 25.7 Å². The van der Waals surface area contributed by atoms with Crippen molar-refractivity contribution in [3.63, 3.8) is 0 Å². The lowest BCUT2D eigenvalue weighted by molar-refractivity contribution is -0.132. The maximum Gasteiger partial charge on any atom is 0.277 e. The van der Waals surface area contributed by atoms with E-state index in [0.717, 1.165) is 19.3 Å². The molecule has 1 amide bonds. The Labute approximate surface area is 64.3 Å². The number of hydrazone groups is 1. The number of aliphatic hydroxyl groups is 1. The molecule has 0 saturated heterocycles. The molecular formula is C7H10N2O2. The van der Waals surface area contributed by atoms with E-state index in [4.69, 9.17) is 0 Å². The zero-order valence-electron chi connectivity index (χ0n) is 6.13. The first-order valence-electron chi connectivity index (χ1n) is 3.83. The Bertz CT molecular complexity index is 237. The topological polar surface area (TPSA) is 61.7 Å². The van der Waals surface area contributed by atoms with Crippen LogP contribution in [0.1, 0.15) is 25.7 Å². The van der Waals surface area contributed by atoms with Crippen LogP contribution in [0.5, 0.6) is 0 Å². The second kappa shape index (κ2) is 2.04. The normalized spacial score (nSPS) is 36.1. The quantitative estimate of drug-likeness (QED) is 0.506. The molecule has 0 aromatic heterocycles. The number of nitrogens with zero attached hydrogens (tertiary/aromatic N) is 1. The zero-order chi connectivity index (χ0) is 7.90. The molecule has 1 saturated carbocycles. The lowest BCUT2D eigenvalue weighted by Crippen LogP contribution is -2.47. The molecule has 0 aromatic carbocycles. The molecule has 0 unspecified atom stereocenters. The molecule has 1 aliphatic heterocycles. The predicted octanol–water partition coefficient (Wildman–Crippen LogP) is -0.223. The van der Waals surface area contributed by atoms with Gasteiger partial charge in [-0.2, -0.15) is 5.10 Å². The summed E-state index contributed by atoms with van der Waals surface area (Å²) < 4.78 is 0. The van der Waals surface area contributed by atoms with Crippen LogP contribution >= 0.6 is 0 Å². The number of hydrogen-bond acceptors (Lipinski definition) is 3. The van der Waals surface area contributed by atoms with Crippen LogP contribution in [0.4, 0.5) is 0 Å². The van der Waals surface area contributed by atoms with E-state index in [1.54, 1.807) is 0 Å². The molecule has 2 N–H and O–H groups in total. The Morgan fingerprint density at radius 3 is 3.09 bits per heavy atom. The van der Waals surface area contributed by atoms with E-state index in [1.807, 2.05) is 0 Å². The smallest absolute Gasteiger partial charge is 0.277 e. The van der Waals surface area contributed by atoms with Crippen LogP contribution in [-0.2, 0) is 4.79 Å². The molecule has 4 heteroatoms. The van der Waals surface area contributed by atoms with E-state index >= 15 is 0 Å². The second-order valence-electron chi connectivity index (χ2n) is 3.07. The molecule has 60 valence electrons. The van der Waals surface area contributed by atoms with E-state index in [0.29, 0.717) is 12.1 Å². The Morgan fingerprint density at radius 1 is 1.55 bits per heavy atom. The second-order valence-corrected chi connectivity index (χ2v) is 3.07. The van der Waals surface area contributed by atoms with Gasteiger partial charge in [0.15, 0.2) is 5.60 Å². The summed E-state index contributed by atoms with van der Waals surface area (Å²) in [6.07, 6.45) is 3.20. The standard InChI is InChI=1S/C7H10N2O2/c10-6-7(11)4-2-1-3-5(7)8-9-6/h11H,1-4H2,(H,9,10)/t7-/m1/s1. The Kier molecular flexibility index (Phi) is 1.26. The van der Waals surface area contributed by atoms with Crippen molar-refractivity contribution in [1.82, 2.24) is 5.43 Å². The molecule has 1 atom stereocenters. The third kappa shape index (κ3) is 0.790. The Balaban J connectivity index is 2.32. The molecule has 0 aromatic rings. The highest BCUT2D eigenvalue weighted by atomic mass is 16.3. The lowest BCUT2D eigenvalue weighted by Gasteiger charge is -2.25. The number of amides is 1. The number of fused-ring (bicyclic) bond motifs is 1. The Morgan fingerprint density at radius 2 is 2.36 bits per heavy atom. The van der Waals surface area contributed by atoms with E-state index in [9.17, 15) is 9.90 Å². The van der Waals surface area contributed by atoms with E-state index in [-0.39, 0.29) is 5.91 Å². The van der Waals surface area contributed by atoms with Crippen LogP contribution in [0.25, 0.3) is 0 Å². The maximum atomic E-state index is 11.1. The summed E-state index contributed by atoms with van der Waals surface area (Å²) in [7, 11) is 0. The van der Waals surface area contributed by atoms with Gasteiger partial charge < -0.3 is 5.11 Å². The zero-order valence-corrected chi connectivity index (χ0v) is 6.13. The molecule has 1 fully saturated rings. The van der Waals surface area contributed by atoms with Gasteiger partial charge in [0, 0.05) is 0 Å². The van der Waals surface area contributed by atoms with Crippen molar-refractivity contribution < 1.29 is 9.90 Å². The van der Waals surface area contributed by atoms with Crippen molar-refractivity contribution in [3.05, 3.63) is 0 Å². The molecule has 0 radical (unpaired) electrons. The van der Waals surface area contributed by atoms with Crippen LogP contribution in [0.15, 0.2) is 5.10 Å². The van der Waals surface area contributed by atoms with Crippen LogP contribution < -0.4 is 5.43 Å². The minimum atomic E-state index is -1.25. The van der Waals surface area contributed by atoms with Crippen LogP contribution in [-0.4, -0.2) is 22.3 Å². The van der Waals surface area contributed by atoms with E-state index in [1.165, 1.54) is 0 Å². The van der Waals surface area contributed by atoms with Gasteiger partial charge in [-0.15, -0.1) is 0 Å². The van der Waals surface area contributed by atoms with Gasteiger partial charge in [0.2, 0.25) is 0 Å². The van der Waals surface area contributed by atoms with E-state index in [2.05, 4.69) is 10.5 Å². The minimum Gasteiger partial charge on any atom is -0.374 e. The molecule has 2 rings (SSSR count). The third-order valence-electron chi connectivity index (χ3n) is 2.35. The van der Waals surface area contributed by atoms with Crippen molar-refractivity contribution >= 4 is 11.6 Å². The van der Waals surface area contributed by atoms with Crippen molar-refractivity contribution in [1.29, 1.82) is 0 Å². The summed E-state index contributed by atoms with van der Waals surface area (Å²) in [5, 5.41) is 13.5. The molecule has 1 heterocycles. The Hall–Kier alpha value is -0.900. The number of carbonyl (C=O) groups is 1. The van der Waals surface area contributed by atoms with Crippen molar-refractivity contribution in [2.45, 2.75) is 31.3 Å². The maximum absolute atomic E-state index is 11.1. The molecular weight excluding hydrogens is 144 g/mol. The van der Waals surface area contributed by atoms with Crippen molar-refractivity contribution in [2.24, 2.45) is 5.10 Å². The minimum absolute atomic E-state index is 0.354. The monoisotopic (exact) mass is 154 g/mol. The highest BCUT2D eigenvalue weighted by Gasteiger charge is 2.46. The predicted molar refractivity (Wildman–Crippen MR) is 39.0 cm³/mol. The summed E-state index contributed by atoms with van der Waals surface area (Å²) in [5.41, 5.74) is 1.67. The first-order chi connectivity index (χ1) is 5.23.